The van der Waals surface area contributed by atoms with Crippen LogP contribution in [0.1, 0.15) is 19.8 Å². The van der Waals surface area contributed by atoms with Crippen molar-refractivity contribution in [2.24, 2.45) is 0 Å². The SMILES string of the molecule is CCCCNC1CSCC[N]1. The van der Waals surface area contributed by atoms with Gasteiger partial charge in [-0.15, -0.1) is 0 Å². The van der Waals surface area contributed by atoms with Crippen LogP contribution in [0.25, 0.3) is 0 Å². The van der Waals surface area contributed by atoms with Crippen LogP contribution in [0.3, 0.4) is 0 Å². The quantitative estimate of drug-likeness (QED) is 0.643. The summed E-state index contributed by atoms with van der Waals surface area (Å²) in [7, 11) is 0. The third-order valence-corrected chi connectivity index (χ3v) is 2.79. The molecule has 1 fully saturated rings. The van der Waals surface area contributed by atoms with Gasteiger partial charge in [-0.3, -0.25) is 0 Å². The van der Waals surface area contributed by atoms with Crippen LogP contribution < -0.4 is 10.6 Å². The van der Waals surface area contributed by atoms with Crippen molar-refractivity contribution in [3.05, 3.63) is 0 Å². The van der Waals surface area contributed by atoms with E-state index >= 15 is 0 Å². The van der Waals surface area contributed by atoms with Crippen molar-refractivity contribution in [3.8, 4) is 0 Å². The summed E-state index contributed by atoms with van der Waals surface area (Å²) in [6.45, 7) is 4.38. The first-order valence-corrected chi connectivity index (χ1v) is 5.56. The van der Waals surface area contributed by atoms with Crippen molar-refractivity contribution in [2.75, 3.05) is 24.6 Å². The highest BCUT2D eigenvalue weighted by Gasteiger charge is 2.11. The third-order valence-electron chi connectivity index (χ3n) is 1.77. The van der Waals surface area contributed by atoms with E-state index in [4.69, 9.17) is 0 Å². The van der Waals surface area contributed by atoms with E-state index in [2.05, 4.69) is 17.6 Å². The van der Waals surface area contributed by atoms with Crippen LogP contribution in [0.2, 0.25) is 0 Å². The van der Waals surface area contributed by atoms with Crippen LogP contribution in [-0.4, -0.2) is 30.8 Å². The van der Waals surface area contributed by atoms with Gasteiger partial charge in [-0.05, 0) is 13.0 Å². The number of thioether (sulfide) groups is 1. The summed E-state index contributed by atoms with van der Waals surface area (Å²) in [5.41, 5.74) is 0. The molecule has 3 heteroatoms. The molecule has 1 atom stereocenters. The minimum absolute atomic E-state index is 0.445. The number of hydrogen-bond acceptors (Lipinski definition) is 2. The van der Waals surface area contributed by atoms with Gasteiger partial charge in [0.1, 0.15) is 0 Å². The Bertz CT molecular complexity index is 92.1. The fourth-order valence-electron chi connectivity index (χ4n) is 1.09. The Balaban J connectivity index is 1.96. The first kappa shape index (κ1) is 9.36. The van der Waals surface area contributed by atoms with Gasteiger partial charge in [-0.2, -0.15) is 11.8 Å². The molecule has 1 aliphatic heterocycles. The monoisotopic (exact) mass is 173 g/mol. The molecule has 1 radical (unpaired) electrons. The number of nitrogens with zero attached hydrogens (tertiary/aromatic N) is 1. The predicted octanol–water partition coefficient (Wildman–Crippen LogP) is 1.05. The molecule has 0 amide bonds. The van der Waals surface area contributed by atoms with Gasteiger partial charge in [0.25, 0.3) is 0 Å². The molecular formula is C8H17N2S. The van der Waals surface area contributed by atoms with Gasteiger partial charge >= 0.3 is 0 Å². The van der Waals surface area contributed by atoms with E-state index in [1.54, 1.807) is 0 Å². The Labute approximate surface area is 73.5 Å². The molecule has 0 spiro atoms. The zero-order chi connectivity index (χ0) is 7.94. The van der Waals surface area contributed by atoms with Crippen molar-refractivity contribution >= 4 is 11.8 Å². The lowest BCUT2D eigenvalue weighted by Crippen LogP contribution is -2.43. The van der Waals surface area contributed by atoms with Crippen LogP contribution >= 0.6 is 11.8 Å². The third kappa shape index (κ3) is 3.99. The van der Waals surface area contributed by atoms with Crippen molar-refractivity contribution in [1.29, 1.82) is 0 Å². The number of rotatable bonds is 4. The van der Waals surface area contributed by atoms with E-state index in [1.165, 1.54) is 24.3 Å². The van der Waals surface area contributed by atoms with Crippen molar-refractivity contribution in [1.82, 2.24) is 10.6 Å². The summed E-state index contributed by atoms with van der Waals surface area (Å²) >= 11 is 2.00. The molecule has 0 saturated carbocycles. The number of unbranched alkanes of at least 4 members (excludes halogenated alkanes) is 1. The minimum atomic E-state index is 0.445. The van der Waals surface area contributed by atoms with Gasteiger partial charge in [0.2, 0.25) is 0 Å². The Hall–Kier alpha value is 0.270. The summed E-state index contributed by atoms with van der Waals surface area (Å²) < 4.78 is 0. The maximum Gasteiger partial charge on any atom is 0.0827 e. The molecule has 1 N–H and O–H groups in total. The molecule has 2 nitrogen and oxygen atoms in total. The smallest absolute Gasteiger partial charge is 0.0827 e. The van der Waals surface area contributed by atoms with Crippen LogP contribution in [0.4, 0.5) is 0 Å². The molecule has 0 aromatic heterocycles. The van der Waals surface area contributed by atoms with Crippen molar-refractivity contribution < 1.29 is 0 Å². The van der Waals surface area contributed by atoms with Gasteiger partial charge in [0, 0.05) is 18.1 Å². The van der Waals surface area contributed by atoms with Gasteiger partial charge in [-0.1, -0.05) is 13.3 Å². The highest BCUT2D eigenvalue weighted by Crippen LogP contribution is 2.06. The van der Waals surface area contributed by atoms with E-state index in [-0.39, 0.29) is 0 Å². The molecule has 65 valence electrons. The Kier molecular flexibility index (Phi) is 4.99. The molecule has 0 aliphatic carbocycles. The average Bonchev–Trinajstić information content (AvgIpc) is 2.07. The summed E-state index contributed by atoms with van der Waals surface area (Å²) in [6, 6.07) is 0. The van der Waals surface area contributed by atoms with Gasteiger partial charge in [0.05, 0.1) is 6.17 Å². The lowest BCUT2D eigenvalue weighted by molar-refractivity contribution is 0.451. The zero-order valence-electron chi connectivity index (χ0n) is 7.18. The van der Waals surface area contributed by atoms with Gasteiger partial charge in [-0.25, -0.2) is 5.32 Å². The lowest BCUT2D eigenvalue weighted by atomic mass is 10.3. The fraction of sp³-hybridized carbons (Fsp3) is 1.00. The number of hydrogen-bond donors (Lipinski definition) is 1. The molecule has 1 aliphatic rings. The molecule has 1 rings (SSSR count). The second-order valence-corrected chi connectivity index (χ2v) is 3.95. The summed E-state index contributed by atoms with van der Waals surface area (Å²) in [5.74, 6) is 2.38. The topological polar surface area (TPSA) is 26.1 Å². The van der Waals surface area contributed by atoms with Crippen LogP contribution in [0.5, 0.6) is 0 Å². The van der Waals surface area contributed by atoms with Crippen LogP contribution in [-0.2, 0) is 0 Å². The van der Waals surface area contributed by atoms with Crippen molar-refractivity contribution in [3.63, 3.8) is 0 Å². The first-order chi connectivity index (χ1) is 5.43. The maximum absolute atomic E-state index is 4.47. The van der Waals surface area contributed by atoms with Crippen molar-refractivity contribution in [2.45, 2.75) is 25.9 Å². The largest absolute Gasteiger partial charge is 0.300 e. The Morgan fingerprint density at radius 1 is 1.64 bits per heavy atom. The summed E-state index contributed by atoms with van der Waals surface area (Å²) in [6.07, 6.45) is 2.99. The zero-order valence-corrected chi connectivity index (χ0v) is 7.99. The van der Waals surface area contributed by atoms with Crippen LogP contribution in [0, 0.1) is 0 Å². The Morgan fingerprint density at radius 2 is 2.55 bits per heavy atom. The average molecular weight is 173 g/mol. The maximum atomic E-state index is 4.47. The van der Waals surface area contributed by atoms with Gasteiger partial charge in [0.15, 0.2) is 0 Å². The van der Waals surface area contributed by atoms with E-state index in [1.807, 2.05) is 11.8 Å². The summed E-state index contributed by atoms with van der Waals surface area (Å²) in [5, 5.41) is 7.90. The van der Waals surface area contributed by atoms with E-state index in [0.29, 0.717) is 6.17 Å². The molecular weight excluding hydrogens is 156 g/mol. The molecule has 0 bridgehead atoms. The van der Waals surface area contributed by atoms with Crippen LogP contribution in [0.15, 0.2) is 0 Å². The Morgan fingerprint density at radius 3 is 3.18 bits per heavy atom. The van der Waals surface area contributed by atoms with E-state index < -0.39 is 0 Å². The predicted molar refractivity (Wildman–Crippen MR) is 51.0 cm³/mol. The summed E-state index contributed by atoms with van der Waals surface area (Å²) in [4.78, 5) is 0. The standard InChI is InChI=1S/C8H17N2S/c1-2-3-4-9-8-7-11-6-5-10-8/h8-9H,2-7H2,1H3. The second kappa shape index (κ2) is 5.86. The minimum Gasteiger partial charge on any atom is -0.300 e. The molecule has 0 aromatic rings. The molecule has 1 unspecified atom stereocenters. The molecule has 0 aromatic carbocycles. The normalized spacial score (nSPS) is 25.4. The van der Waals surface area contributed by atoms with E-state index in [9.17, 15) is 0 Å². The molecule has 1 saturated heterocycles. The fourth-order valence-corrected chi connectivity index (χ4v) is 1.94. The van der Waals surface area contributed by atoms with Gasteiger partial charge < -0.3 is 5.32 Å². The number of nitrogens with one attached hydrogen (secondary N) is 1. The molecule has 11 heavy (non-hydrogen) atoms. The lowest BCUT2D eigenvalue weighted by Gasteiger charge is -2.22. The first-order valence-electron chi connectivity index (χ1n) is 4.41. The highest BCUT2D eigenvalue weighted by molar-refractivity contribution is 7.99. The van der Waals surface area contributed by atoms with E-state index in [0.717, 1.165) is 13.1 Å². The highest BCUT2D eigenvalue weighted by atomic mass is 32.2. The molecule has 1 heterocycles. The second-order valence-electron chi connectivity index (χ2n) is 2.80.